The zero-order valence-corrected chi connectivity index (χ0v) is 17.1. The number of nitrogens with one attached hydrogen (secondary N) is 1. The second-order valence-electron chi connectivity index (χ2n) is 6.59. The SMILES string of the molecule is C=C(/C=C\C=C(/C)c1ccc(NC(=O)C2=C(C(=O)O)CCC2)c(OC)c1)OCC. The Bertz CT molecular complexity index is 893. The van der Waals surface area contributed by atoms with Crippen LogP contribution in [-0.4, -0.2) is 30.7 Å². The molecular weight excluding hydrogens is 370 g/mol. The number of aliphatic carboxylic acids is 1. The Morgan fingerprint density at radius 1 is 1.28 bits per heavy atom. The first-order valence-corrected chi connectivity index (χ1v) is 9.49. The molecule has 0 heterocycles. The molecule has 0 spiro atoms. The minimum atomic E-state index is -1.03. The molecule has 0 unspecified atom stereocenters. The molecule has 6 heteroatoms. The van der Waals surface area contributed by atoms with Crippen molar-refractivity contribution in [3.8, 4) is 5.75 Å². The molecule has 1 amide bonds. The van der Waals surface area contributed by atoms with Crippen molar-refractivity contribution < 1.29 is 24.2 Å². The maximum atomic E-state index is 12.5. The van der Waals surface area contributed by atoms with Crippen LogP contribution in [0.2, 0.25) is 0 Å². The summed E-state index contributed by atoms with van der Waals surface area (Å²) < 4.78 is 10.7. The highest BCUT2D eigenvalue weighted by atomic mass is 16.5. The number of amides is 1. The summed E-state index contributed by atoms with van der Waals surface area (Å²) in [5.41, 5.74) is 2.95. The van der Waals surface area contributed by atoms with Crippen molar-refractivity contribution in [2.75, 3.05) is 19.0 Å². The Morgan fingerprint density at radius 2 is 2.00 bits per heavy atom. The molecule has 2 N–H and O–H groups in total. The lowest BCUT2D eigenvalue weighted by Crippen LogP contribution is -2.17. The van der Waals surface area contributed by atoms with Crippen LogP contribution < -0.4 is 10.1 Å². The van der Waals surface area contributed by atoms with Crippen molar-refractivity contribution in [1.29, 1.82) is 0 Å². The van der Waals surface area contributed by atoms with Gasteiger partial charge in [-0.25, -0.2) is 4.79 Å². The highest BCUT2D eigenvalue weighted by Crippen LogP contribution is 2.31. The van der Waals surface area contributed by atoms with E-state index in [1.165, 1.54) is 7.11 Å². The highest BCUT2D eigenvalue weighted by molar-refractivity contribution is 6.09. The molecular formula is C23H27NO5. The van der Waals surface area contributed by atoms with Crippen LogP contribution in [0.15, 0.2) is 59.9 Å². The fourth-order valence-electron chi connectivity index (χ4n) is 3.10. The van der Waals surface area contributed by atoms with Gasteiger partial charge in [-0.1, -0.05) is 24.8 Å². The maximum Gasteiger partial charge on any atom is 0.332 e. The van der Waals surface area contributed by atoms with Crippen LogP contribution in [-0.2, 0) is 14.3 Å². The predicted octanol–water partition coefficient (Wildman–Crippen LogP) is 4.71. The number of allylic oxidation sites excluding steroid dienone is 4. The van der Waals surface area contributed by atoms with E-state index in [4.69, 9.17) is 9.47 Å². The summed E-state index contributed by atoms with van der Waals surface area (Å²) in [6, 6.07) is 5.45. The molecule has 0 saturated carbocycles. The Balaban J connectivity index is 2.18. The molecule has 1 aromatic rings. The molecule has 6 nitrogen and oxygen atoms in total. The number of benzene rings is 1. The summed E-state index contributed by atoms with van der Waals surface area (Å²) in [4.78, 5) is 23.8. The van der Waals surface area contributed by atoms with Gasteiger partial charge < -0.3 is 19.9 Å². The van der Waals surface area contributed by atoms with E-state index in [9.17, 15) is 14.7 Å². The Kier molecular flexibility index (Phi) is 7.83. The van der Waals surface area contributed by atoms with E-state index in [0.717, 1.165) is 11.1 Å². The minimum Gasteiger partial charge on any atom is -0.495 e. The lowest BCUT2D eigenvalue weighted by atomic mass is 10.1. The van der Waals surface area contributed by atoms with Crippen molar-refractivity contribution >= 4 is 23.1 Å². The number of anilines is 1. The van der Waals surface area contributed by atoms with Gasteiger partial charge in [0.25, 0.3) is 5.91 Å². The number of carbonyl (C=O) groups is 2. The van der Waals surface area contributed by atoms with Gasteiger partial charge >= 0.3 is 5.97 Å². The smallest absolute Gasteiger partial charge is 0.332 e. The van der Waals surface area contributed by atoms with Gasteiger partial charge in [-0.3, -0.25) is 4.79 Å². The van der Waals surface area contributed by atoms with Crippen LogP contribution in [0.1, 0.15) is 38.7 Å². The predicted molar refractivity (Wildman–Crippen MR) is 114 cm³/mol. The van der Waals surface area contributed by atoms with Gasteiger partial charge in [0.05, 0.1) is 19.4 Å². The Morgan fingerprint density at radius 3 is 2.66 bits per heavy atom. The quantitative estimate of drug-likeness (QED) is 0.466. The second-order valence-corrected chi connectivity index (χ2v) is 6.59. The van der Waals surface area contributed by atoms with E-state index >= 15 is 0 Å². The normalized spacial score (nSPS) is 14.2. The van der Waals surface area contributed by atoms with Gasteiger partial charge in [0, 0.05) is 11.1 Å². The fraction of sp³-hybridized carbons (Fsp3) is 0.304. The van der Waals surface area contributed by atoms with Gasteiger partial charge in [0.15, 0.2) is 0 Å². The molecule has 0 aromatic heterocycles. The van der Waals surface area contributed by atoms with Gasteiger partial charge in [0.1, 0.15) is 11.5 Å². The van der Waals surface area contributed by atoms with E-state index in [0.29, 0.717) is 48.6 Å². The zero-order chi connectivity index (χ0) is 21.4. The van der Waals surface area contributed by atoms with Crippen LogP contribution in [0.25, 0.3) is 5.57 Å². The largest absolute Gasteiger partial charge is 0.495 e. The first-order valence-electron chi connectivity index (χ1n) is 9.49. The van der Waals surface area contributed by atoms with Gasteiger partial charge in [0.2, 0.25) is 0 Å². The molecule has 0 saturated heterocycles. The van der Waals surface area contributed by atoms with E-state index in [1.54, 1.807) is 12.1 Å². The third-order valence-electron chi connectivity index (χ3n) is 4.61. The zero-order valence-electron chi connectivity index (χ0n) is 17.1. The van der Waals surface area contributed by atoms with Crippen LogP contribution in [0.4, 0.5) is 5.69 Å². The van der Waals surface area contributed by atoms with E-state index < -0.39 is 11.9 Å². The van der Waals surface area contributed by atoms with Gasteiger partial charge in [-0.05, 0) is 62.5 Å². The van der Waals surface area contributed by atoms with Crippen LogP contribution in [0, 0.1) is 0 Å². The lowest BCUT2D eigenvalue weighted by molar-refractivity contribution is -0.133. The number of rotatable bonds is 9. The standard InChI is InChI=1S/C23H27NO5/c1-5-29-16(3)9-6-8-15(2)17-12-13-20(21(14-17)28-4)24-22(25)18-10-7-11-19(18)23(26)27/h6,8-9,12-14H,3,5,7,10-11H2,1-2,4H3,(H,24,25)(H,26,27)/b9-6-,15-8+. The maximum absolute atomic E-state index is 12.5. The number of carbonyl (C=O) groups excluding carboxylic acids is 1. The Labute approximate surface area is 171 Å². The molecule has 0 bridgehead atoms. The third-order valence-corrected chi connectivity index (χ3v) is 4.61. The lowest BCUT2D eigenvalue weighted by Gasteiger charge is -2.13. The van der Waals surface area contributed by atoms with Crippen LogP contribution >= 0.6 is 0 Å². The molecule has 0 atom stereocenters. The van der Waals surface area contributed by atoms with Crippen LogP contribution in [0.5, 0.6) is 5.75 Å². The van der Waals surface area contributed by atoms with E-state index in [1.807, 2.05) is 38.1 Å². The molecule has 0 aliphatic heterocycles. The number of hydrogen-bond acceptors (Lipinski definition) is 4. The summed E-state index contributed by atoms with van der Waals surface area (Å²) in [5, 5.41) is 12.0. The summed E-state index contributed by atoms with van der Waals surface area (Å²) in [6.45, 7) is 8.22. The molecule has 1 aliphatic carbocycles. The monoisotopic (exact) mass is 397 g/mol. The molecule has 29 heavy (non-hydrogen) atoms. The molecule has 154 valence electrons. The minimum absolute atomic E-state index is 0.192. The second kappa shape index (κ2) is 10.3. The van der Waals surface area contributed by atoms with E-state index in [2.05, 4.69) is 11.9 Å². The highest BCUT2D eigenvalue weighted by Gasteiger charge is 2.25. The fourth-order valence-corrected chi connectivity index (χ4v) is 3.10. The summed E-state index contributed by atoms with van der Waals surface area (Å²) in [7, 11) is 1.53. The molecule has 1 aromatic carbocycles. The number of carboxylic acid groups (broad SMARTS) is 1. The average molecular weight is 397 g/mol. The molecule has 1 aliphatic rings. The van der Waals surface area contributed by atoms with Crippen LogP contribution in [0.3, 0.4) is 0 Å². The van der Waals surface area contributed by atoms with Crippen molar-refractivity contribution in [2.45, 2.75) is 33.1 Å². The van der Waals surface area contributed by atoms with Gasteiger partial charge in [-0.15, -0.1) is 0 Å². The van der Waals surface area contributed by atoms with Crippen molar-refractivity contribution in [1.82, 2.24) is 0 Å². The number of methoxy groups -OCH3 is 1. The molecule has 0 fully saturated rings. The first kappa shape index (κ1) is 22.0. The molecule has 2 rings (SSSR count). The third kappa shape index (κ3) is 5.85. The topological polar surface area (TPSA) is 84.9 Å². The molecule has 0 radical (unpaired) electrons. The van der Waals surface area contributed by atoms with E-state index in [-0.39, 0.29) is 5.57 Å². The number of hydrogen-bond donors (Lipinski definition) is 2. The van der Waals surface area contributed by atoms with Crippen molar-refractivity contribution in [3.63, 3.8) is 0 Å². The van der Waals surface area contributed by atoms with Crippen molar-refractivity contribution in [2.24, 2.45) is 0 Å². The summed E-state index contributed by atoms with van der Waals surface area (Å²) in [6.07, 6.45) is 7.13. The van der Waals surface area contributed by atoms with Crippen molar-refractivity contribution in [3.05, 3.63) is 65.5 Å². The summed E-state index contributed by atoms with van der Waals surface area (Å²) in [5.74, 6) is -0.331. The first-order chi connectivity index (χ1) is 13.9. The number of ether oxygens (including phenoxy) is 2. The van der Waals surface area contributed by atoms with Gasteiger partial charge in [-0.2, -0.15) is 0 Å². The average Bonchev–Trinajstić information content (AvgIpc) is 3.18. The summed E-state index contributed by atoms with van der Waals surface area (Å²) >= 11 is 0. The Hall–Kier alpha value is -3.28. The number of carboxylic acids is 1.